The molecule has 130 valence electrons. The lowest BCUT2D eigenvalue weighted by Crippen LogP contribution is -2.32. The monoisotopic (exact) mass is 357 g/mol. The van der Waals surface area contributed by atoms with Gasteiger partial charge in [-0.25, -0.2) is 4.68 Å². The van der Waals surface area contributed by atoms with Gasteiger partial charge in [0.2, 0.25) is 0 Å². The molecule has 0 aliphatic heterocycles. The van der Waals surface area contributed by atoms with E-state index in [0.29, 0.717) is 35.3 Å². The van der Waals surface area contributed by atoms with E-state index >= 15 is 0 Å². The van der Waals surface area contributed by atoms with E-state index in [1.54, 1.807) is 27.8 Å². The van der Waals surface area contributed by atoms with E-state index in [9.17, 15) is 4.79 Å². The smallest absolute Gasteiger partial charge is 0.272 e. The Morgan fingerprint density at radius 2 is 1.96 bits per heavy atom. The van der Waals surface area contributed by atoms with Crippen LogP contribution in [-0.4, -0.2) is 33.7 Å². The van der Waals surface area contributed by atoms with Crippen molar-refractivity contribution in [2.45, 2.75) is 20.8 Å². The number of halogens is 1. The fourth-order valence-electron chi connectivity index (χ4n) is 2.70. The van der Waals surface area contributed by atoms with E-state index in [-0.39, 0.29) is 5.91 Å². The van der Waals surface area contributed by atoms with E-state index in [1.807, 2.05) is 45.0 Å². The van der Waals surface area contributed by atoms with Crippen LogP contribution in [0.4, 0.5) is 0 Å². The maximum atomic E-state index is 12.9. The third kappa shape index (κ3) is 3.46. The summed E-state index contributed by atoms with van der Waals surface area (Å²) >= 11 is 6.12. The number of aryl methyl sites for hydroxylation is 1. The molecule has 0 atom stereocenters. The molecule has 0 saturated heterocycles. The van der Waals surface area contributed by atoms with Crippen molar-refractivity contribution in [1.82, 2.24) is 14.7 Å². The average molecular weight is 358 g/mol. The summed E-state index contributed by atoms with van der Waals surface area (Å²) in [6.45, 7) is 7.05. The molecule has 0 saturated carbocycles. The van der Waals surface area contributed by atoms with Crippen LogP contribution in [-0.2, 0) is 0 Å². The minimum Gasteiger partial charge on any atom is -0.460 e. The molecule has 0 radical (unpaired) electrons. The van der Waals surface area contributed by atoms with Gasteiger partial charge in [-0.2, -0.15) is 5.10 Å². The molecule has 0 unspecified atom stereocenters. The van der Waals surface area contributed by atoms with Gasteiger partial charge in [-0.1, -0.05) is 17.7 Å². The molecule has 1 aromatic carbocycles. The summed E-state index contributed by atoms with van der Waals surface area (Å²) in [4.78, 5) is 14.7. The number of benzene rings is 1. The zero-order valence-corrected chi connectivity index (χ0v) is 15.2. The van der Waals surface area contributed by atoms with Gasteiger partial charge in [-0.05, 0) is 51.1 Å². The number of furan rings is 1. The minimum absolute atomic E-state index is 0.0768. The summed E-state index contributed by atoms with van der Waals surface area (Å²) in [6, 6.07) is 12.8. The van der Waals surface area contributed by atoms with Gasteiger partial charge in [-0.15, -0.1) is 0 Å². The first-order valence-electron chi connectivity index (χ1n) is 8.25. The van der Waals surface area contributed by atoms with Crippen LogP contribution in [0.5, 0.6) is 0 Å². The van der Waals surface area contributed by atoms with Crippen LogP contribution in [0.25, 0.3) is 17.1 Å². The number of hydrogen-bond acceptors (Lipinski definition) is 3. The predicted molar refractivity (Wildman–Crippen MR) is 98.3 cm³/mol. The Bertz CT molecular complexity index is 894. The van der Waals surface area contributed by atoms with Gasteiger partial charge in [-0.3, -0.25) is 4.79 Å². The zero-order chi connectivity index (χ0) is 18.0. The lowest BCUT2D eigenvalue weighted by molar-refractivity contribution is 0.0764. The predicted octanol–water partition coefficient (Wildman–Crippen LogP) is 4.58. The number of rotatable bonds is 5. The summed E-state index contributed by atoms with van der Waals surface area (Å²) in [5.41, 5.74) is 1.83. The Morgan fingerprint density at radius 3 is 2.56 bits per heavy atom. The molecule has 6 heteroatoms. The number of carbonyl (C=O) groups excluding carboxylic acids is 1. The molecule has 3 rings (SSSR count). The first-order chi connectivity index (χ1) is 12.0. The Kier molecular flexibility index (Phi) is 4.95. The largest absolute Gasteiger partial charge is 0.460 e. The summed E-state index contributed by atoms with van der Waals surface area (Å²) in [7, 11) is 0. The van der Waals surface area contributed by atoms with E-state index in [2.05, 4.69) is 5.10 Å². The van der Waals surface area contributed by atoms with Gasteiger partial charge in [0.25, 0.3) is 5.91 Å². The third-order valence-corrected chi connectivity index (χ3v) is 4.26. The Hall–Kier alpha value is -2.53. The number of nitrogens with zero attached hydrogens (tertiary/aromatic N) is 3. The second-order valence-corrected chi connectivity index (χ2v) is 6.13. The van der Waals surface area contributed by atoms with Gasteiger partial charge >= 0.3 is 0 Å². The van der Waals surface area contributed by atoms with Crippen molar-refractivity contribution in [3.05, 3.63) is 58.9 Å². The second-order valence-electron chi connectivity index (χ2n) is 5.69. The van der Waals surface area contributed by atoms with Crippen molar-refractivity contribution in [3.63, 3.8) is 0 Å². The maximum absolute atomic E-state index is 12.9. The van der Waals surface area contributed by atoms with Crippen LogP contribution in [0.2, 0.25) is 5.02 Å². The molecule has 3 aromatic rings. The first-order valence-corrected chi connectivity index (χ1v) is 8.63. The van der Waals surface area contributed by atoms with Crippen LogP contribution in [0.15, 0.2) is 46.9 Å². The number of hydrogen-bond donors (Lipinski definition) is 0. The highest BCUT2D eigenvalue weighted by Crippen LogP contribution is 2.25. The Morgan fingerprint density at radius 1 is 1.20 bits per heavy atom. The van der Waals surface area contributed by atoms with Gasteiger partial charge in [0.05, 0.1) is 5.69 Å². The van der Waals surface area contributed by atoms with E-state index in [4.69, 9.17) is 16.0 Å². The molecule has 2 heterocycles. The van der Waals surface area contributed by atoms with Crippen LogP contribution in [0.1, 0.15) is 30.1 Å². The molecule has 5 nitrogen and oxygen atoms in total. The van der Waals surface area contributed by atoms with Crippen LogP contribution >= 0.6 is 11.6 Å². The van der Waals surface area contributed by atoms with Crippen molar-refractivity contribution in [2.75, 3.05) is 13.1 Å². The quantitative estimate of drug-likeness (QED) is 0.671. The molecule has 0 aliphatic rings. The number of carbonyl (C=O) groups is 1. The van der Waals surface area contributed by atoms with Crippen molar-refractivity contribution in [2.24, 2.45) is 0 Å². The van der Waals surface area contributed by atoms with Crippen LogP contribution in [0.3, 0.4) is 0 Å². The lowest BCUT2D eigenvalue weighted by Gasteiger charge is -2.19. The molecule has 0 fully saturated rings. The number of amides is 1. The molecule has 0 bridgehead atoms. The topological polar surface area (TPSA) is 51.3 Å². The summed E-state index contributed by atoms with van der Waals surface area (Å²) < 4.78 is 7.29. The fourth-order valence-corrected chi connectivity index (χ4v) is 2.89. The Balaban J connectivity index is 2.14. The second kappa shape index (κ2) is 7.15. The molecule has 0 aliphatic carbocycles. The molecule has 0 N–H and O–H groups in total. The van der Waals surface area contributed by atoms with Crippen molar-refractivity contribution in [1.29, 1.82) is 0 Å². The van der Waals surface area contributed by atoms with Gasteiger partial charge in [0, 0.05) is 24.2 Å². The van der Waals surface area contributed by atoms with Gasteiger partial charge in [0.1, 0.15) is 17.1 Å². The van der Waals surface area contributed by atoms with Crippen LogP contribution < -0.4 is 0 Å². The third-order valence-electron chi connectivity index (χ3n) is 4.02. The molecular formula is C19H20ClN3O2. The van der Waals surface area contributed by atoms with E-state index in [1.165, 1.54) is 0 Å². The van der Waals surface area contributed by atoms with Crippen molar-refractivity contribution < 1.29 is 9.21 Å². The highest BCUT2D eigenvalue weighted by Gasteiger charge is 2.22. The van der Waals surface area contributed by atoms with E-state index < -0.39 is 0 Å². The van der Waals surface area contributed by atoms with Gasteiger partial charge < -0.3 is 9.32 Å². The molecule has 2 aromatic heterocycles. The highest BCUT2D eigenvalue weighted by atomic mass is 35.5. The molecule has 25 heavy (non-hydrogen) atoms. The summed E-state index contributed by atoms with van der Waals surface area (Å²) in [5, 5.41) is 5.18. The van der Waals surface area contributed by atoms with Crippen molar-refractivity contribution in [3.8, 4) is 17.1 Å². The van der Waals surface area contributed by atoms with Crippen molar-refractivity contribution >= 4 is 17.5 Å². The zero-order valence-electron chi connectivity index (χ0n) is 14.5. The summed E-state index contributed by atoms with van der Waals surface area (Å²) in [6.07, 6.45) is 0. The molecule has 0 spiro atoms. The Labute approximate surface area is 151 Å². The standard InChI is InChI=1S/C19H20ClN3O2/c1-4-22(5-2)19(24)17-12-16(18-10-9-13(3)25-18)21-23(17)15-8-6-7-14(20)11-15/h6-12H,4-5H2,1-3H3. The molecule has 1 amide bonds. The summed E-state index contributed by atoms with van der Waals surface area (Å²) in [5.74, 6) is 1.35. The first kappa shape index (κ1) is 17.3. The SMILES string of the molecule is CCN(CC)C(=O)c1cc(-c2ccc(C)o2)nn1-c1cccc(Cl)c1. The molecular weight excluding hydrogens is 338 g/mol. The van der Waals surface area contributed by atoms with Crippen LogP contribution in [0, 0.1) is 6.92 Å². The maximum Gasteiger partial charge on any atom is 0.272 e. The highest BCUT2D eigenvalue weighted by molar-refractivity contribution is 6.30. The minimum atomic E-state index is -0.0768. The normalized spacial score (nSPS) is 10.9. The fraction of sp³-hybridized carbons (Fsp3) is 0.263. The van der Waals surface area contributed by atoms with E-state index in [0.717, 1.165) is 11.4 Å². The number of aromatic nitrogens is 2. The average Bonchev–Trinajstić information content (AvgIpc) is 3.22. The lowest BCUT2D eigenvalue weighted by atomic mass is 10.2. The van der Waals surface area contributed by atoms with Gasteiger partial charge in [0.15, 0.2) is 5.76 Å².